The van der Waals surface area contributed by atoms with Crippen LogP contribution in [0.2, 0.25) is 0 Å². The van der Waals surface area contributed by atoms with E-state index >= 15 is 0 Å². The van der Waals surface area contributed by atoms with Crippen LogP contribution in [0.5, 0.6) is 0 Å². The lowest BCUT2D eigenvalue weighted by Gasteiger charge is -2.25. The Morgan fingerprint density at radius 1 is 1.46 bits per heavy atom. The van der Waals surface area contributed by atoms with Crippen molar-refractivity contribution in [2.45, 2.75) is 18.9 Å². The van der Waals surface area contributed by atoms with Gasteiger partial charge in [-0.2, -0.15) is 11.8 Å². The normalized spacial score (nSPS) is 25.7. The van der Waals surface area contributed by atoms with Gasteiger partial charge in [0.2, 0.25) is 0 Å². The molecule has 1 saturated heterocycles. The van der Waals surface area contributed by atoms with Crippen LogP contribution < -0.4 is 0 Å². The fraction of sp³-hybridized carbons (Fsp3) is 1.00. The molecular weight excluding hydrogens is 208 g/mol. The molecule has 5 heteroatoms. The first-order chi connectivity index (χ1) is 6.05. The molecule has 1 heterocycles. The van der Waals surface area contributed by atoms with E-state index in [-0.39, 0.29) is 23.5 Å². The molecule has 1 fully saturated rings. The second-order valence-corrected chi connectivity index (χ2v) is 6.73. The molecule has 0 saturated carbocycles. The van der Waals surface area contributed by atoms with Gasteiger partial charge in [0, 0.05) is 5.75 Å². The molecule has 0 aromatic heterocycles. The highest BCUT2D eigenvalue weighted by atomic mass is 32.2. The van der Waals surface area contributed by atoms with Crippen molar-refractivity contribution in [2.24, 2.45) is 5.92 Å². The number of thioether (sulfide) groups is 1. The van der Waals surface area contributed by atoms with Crippen LogP contribution in [0.25, 0.3) is 0 Å². The van der Waals surface area contributed by atoms with Crippen LogP contribution in [0.4, 0.5) is 0 Å². The van der Waals surface area contributed by atoms with E-state index in [1.54, 1.807) is 11.8 Å². The van der Waals surface area contributed by atoms with Crippen molar-refractivity contribution >= 4 is 21.6 Å². The predicted molar refractivity (Wildman–Crippen MR) is 55.8 cm³/mol. The summed E-state index contributed by atoms with van der Waals surface area (Å²) in [6.07, 6.45) is 2.88. The highest BCUT2D eigenvalue weighted by molar-refractivity contribution is 7.98. The Morgan fingerprint density at radius 3 is 2.46 bits per heavy atom. The Morgan fingerprint density at radius 2 is 2.00 bits per heavy atom. The topological polar surface area (TPSA) is 54.4 Å². The molecule has 1 atom stereocenters. The quantitative estimate of drug-likeness (QED) is 0.760. The summed E-state index contributed by atoms with van der Waals surface area (Å²) in [5.74, 6) is 1.41. The van der Waals surface area contributed by atoms with Crippen LogP contribution in [0.3, 0.4) is 0 Å². The van der Waals surface area contributed by atoms with Crippen molar-refractivity contribution in [3.05, 3.63) is 0 Å². The maximum Gasteiger partial charge on any atom is 0.150 e. The molecular formula is C8H16O3S2. The van der Waals surface area contributed by atoms with Crippen LogP contribution in [-0.4, -0.2) is 43.1 Å². The van der Waals surface area contributed by atoms with E-state index in [1.807, 2.05) is 6.26 Å². The minimum atomic E-state index is -2.78. The van der Waals surface area contributed by atoms with Crippen LogP contribution in [0.1, 0.15) is 12.8 Å². The first-order valence-corrected chi connectivity index (χ1v) is 7.64. The zero-order valence-corrected chi connectivity index (χ0v) is 9.40. The summed E-state index contributed by atoms with van der Waals surface area (Å²) in [6, 6.07) is 0. The van der Waals surface area contributed by atoms with Crippen molar-refractivity contribution < 1.29 is 13.5 Å². The summed E-state index contributed by atoms with van der Waals surface area (Å²) in [5, 5.41) is 9.63. The fourth-order valence-corrected chi connectivity index (χ4v) is 3.74. The predicted octanol–water partition coefficient (Wildman–Crippen LogP) is 0.535. The molecule has 0 spiro atoms. The Kier molecular flexibility index (Phi) is 4.06. The molecule has 0 radical (unpaired) electrons. The Labute approximate surface area is 83.8 Å². The third kappa shape index (κ3) is 3.48. The van der Waals surface area contributed by atoms with Gasteiger partial charge in [-0.15, -0.1) is 0 Å². The van der Waals surface area contributed by atoms with Crippen LogP contribution in [0, 0.1) is 5.92 Å². The van der Waals surface area contributed by atoms with Crippen LogP contribution in [0.15, 0.2) is 0 Å². The standard InChI is InChI=1S/C8H16O3S2/c1-12-6-8(9)7-2-4-13(10,11)5-3-7/h7-9H,2-6H2,1H3. The van der Waals surface area contributed by atoms with Crippen LogP contribution >= 0.6 is 11.8 Å². The number of hydrogen-bond acceptors (Lipinski definition) is 4. The average Bonchev–Trinajstić information content (AvgIpc) is 2.04. The van der Waals surface area contributed by atoms with Gasteiger partial charge in [-0.25, -0.2) is 8.42 Å². The van der Waals surface area contributed by atoms with E-state index in [1.165, 1.54) is 0 Å². The number of rotatable bonds is 3. The third-order valence-electron chi connectivity index (χ3n) is 2.48. The van der Waals surface area contributed by atoms with Gasteiger partial charge in [0.15, 0.2) is 0 Å². The molecule has 0 amide bonds. The molecule has 0 bridgehead atoms. The summed E-state index contributed by atoms with van der Waals surface area (Å²) < 4.78 is 22.2. The van der Waals surface area contributed by atoms with E-state index < -0.39 is 9.84 Å². The molecule has 1 aliphatic heterocycles. The molecule has 13 heavy (non-hydrogen) atoms. The van der Waals surface area contributed by atoms with Gasteiger partial charge in [-0.1, -0.05) is 0 Å². The smallest absolute Gasteiger partial charge is 0.150 e. The molecule has 3 nitrogen and oxygen atoms in total. The molecule has 0 aliphatic carbocycles. The van der Waals surface area contributed by atoms with Crippen molar-refractivity contribution in [3.63, 3.8) is 0 Å². The minimum Gasteiger partial charge on any atom is -0.392 e. The second kappa shape index (κ2) is 4.66. The lowest BCUT2D eigenvalue weighted by Crippen LogP contribution is -2.32. The highest BCUT2D eigenvalue weighted by Gasteiger charge is 2.27. The Hall–Kier alpha value is 0.260. The number of sulfone groups is 1. The van der Waals surface area contributed by atoms with Gasteiger partial charge < -0.3 is 5.11 Å². The molecule has 78 valence electrons. The maximum absolute atomic E-state index is 11.1. The minimum absolute atomic E-state index is 0.191. The van der Waals surface area contributed by atoms with Gasteiger partial charge >= 0.3 is 0 Å². The first kappa shape index (κ1) is 11.3. The SMILES string of the molecule is CSCC(O)C1CCS(=O)(=O)CC1. The van der Waals surface area contributed by atoms with Gasteiger partial charge in [-0.05, 0) is 25.0 Å². The van der Waals surface area contributed by atoms with Gasteiger partial charge in [-0.3, -0.25) is 0 Å². The van der Waals surface area contributed by atoms with Crippen molar-refractivity contribution in [1.29, 1.82) is 0 Å². The lowest BCUT2D eigenvalue weighted by molar-refractivity contribution is 0.123. The van der Waals surface area contributed by atoms with E-state index in [0.717, 1.165) is 0 Å². The van der Waals surface area contributed by atoms with Crippen molar-refractivity contribution in [2.75, 3.05) is 23.5 Å². The maximum atomic E-state index is 11.1. The van der Waals surface area contributed by atoms with E-state index in [4.69, 9.17) is 0 Å². The molecule has 1 aliphatic rings. The van der Waals surface area contributed by atoms with Gasteiger partial charge in [0.05, 0.1) is 17.6 Å². The van der Waals surface area contributed by atoms with Crippen molar-refractivity contribution in [1.82, 2.24) is 0 Å². The van der Waals surface area contributed by atoms with E-state index in [9.17, 15) is 13.5 Å². The number of hydrogen-bond donors (Lipinski definition) is 1. The monoisotopic (exact) mass is 224 g/mol. The van der Waals surface area contributed by atoms with Gasteiger partial charge in [0.25, 0.3) is 0 Å². The molecule has 0 aromatic carbocycles. The molecule has 1 unspecified atom stereocenters. The summed E-state index contributed by atoms with van der Waals surface area (Å²) in [6.45, 7) is 0. The van der Waals surface area contributed by atoms with Crippen LogP contribution in [-0.2, 0) is 9.84 Å². The number of aliphatic hydroxyl groups excluding tert-OH is 1. The molecule has 0 aromatic rings. The lowest BCUT2D eigenvalue weighted by atomic mass is 9.97. The first-order valence-electron chi connectivity index (χ1n) is 4.42. The van der Waals surface area contributed by atoms with Gasteiger partial charge in [0.1, 0.15) is 9.84 Å². The van der Waals surface area contributed by atoms with Crippen molar-refractivity contribution in [3.8, 4) is 0 Å². The zero-order chi connectivity index (χ0) is 9.90. The van der Waals surface area contributed by atoms with E-state index in [2.05, 4.69) is 0 Å². The Bertz CT molecular complexity index is 234. The summed E-state index contributed by atoms with van der Waals surface area (Å²) in [4.78, 5) is 0. The average molecular weight is 224 g/mol. The summed E-state index contributed by atoms with van der Waals surface area (Å²) >= 11 is 1.60. The summed E-state index contributed by atoms with van der Waals surface area (Å²) in [7, 11) is -2.78. The molecule has 1 N–H and O–H groups in total. The number of aliphatic hydroxyl groups is 1. The zero-order valence-electron chi connectivity index (χ0n) is 7.77. The highest BCUT2D eigenvalue weighted by Crippen LogP contribution is 2.23. The fourth-order valence-electron chi connectivity index (χ4n) is 1.60. The summed E-state index contributed by atoms with van der Waals surface area (Å²) in [5.41, 5.74) is 0. The van der Waals surface area contributed by atoms with E-state index in [0.29, 0.717) is 18.6 Å². The third-order valence-corrected chi connectivity index (χ3v) is 4.87. The molecule has 1 rings (SSSR count). The largest absolute Gasteiger partial charge is 0.392 e. The Balaban J connectivity index is 2.40. The second-order valence-electron chi connectivity index (χ2n) is 3.51.